The van der Waals surface area contributed by atoms with Crippen LogP contribution in [-0.4, -0.2) is 231 Å². The van der Waals surface area contributed by atoms with Gasteiger partial charge >= 0.3 is 23.9 Å². The third-order valence-electron chi connectivity index (χ3n) is 19.6. The van der Waals surface area contributed by atoms with E-state index in [-0.39, 0.29) is 18.9 Å². The lowest BCUT2D eigenvalue weighted by molar-refractivity contribution is -0.400. The van der Waals surface area contributed by atoms with E-state index >= 15 is 0 Å². The summed E-state index contributed by atoms with van der Waals surface area (Å²) in [4.78, 5) is 55.8. The molecule has 27 unspecified atom stereocenters. The molecule has 0 aromatic heterocycles. The van der Waals surface area contributed by atoms with E-state index in [4.69, 9.17) is 66.3 Å². The second-order valence-corrected chi connectivity index (χ2v) is 27.5. The van der Waals surface area contributed by atoms with Crippen molar-refractivity contribution in [2.75, 3.05) is 6.61 Å². The van der Waals surface area contributed by atoms with E-state index in [1.807, 2.05) is 6.07 Å². The molecule has 26 nitrogen and oxygen atoms in total. The average Bonchev–Trinajstić information content (AvgIpc) is 0.765. The molecule has 6 heterocycles. The van der Waals surface area contributed by atoms with Gasteiger partial charge in [0.25, 0.3) is 0 Å². The molecule has 6 aliphatic heterocycles. The molecule has 98 heavy (non-hydrogen) atoms. The van der Waals surface area contributed by atoms with E-state index in [0.717, 1.165) is 103 Å². The number of aliphatic hydroxyl groups excluding tert-OH is 8. The zero-order valence-electron chi connectivity index (χ0n) is 58.7. The van der Waals surface area contributed by atoms with Crippen LogP contribution in [0.25, 0.3) is 6.08 Å². The number of carbonyl (C=O) groups is 4. The standard InChI is InChI=1S/C72H116O26/c1-9-12-14-15-16-17-20-23-31-37-50(75)93-66-65(98-68-56(81)54(79)53(78)48(40-73)90-68)61(96-69-58(83)62(94-67(84)41(4)11-3)60(44(7)86-69)91-51(76)39-38-46-32-27-25-28-33-46)45(8)88-72(66)95-59-43(6)87-71-64(57(59)82)92-49(74)36-30-24-21-18-19-22-29-35-47(34-26-13-10-2)89-70-63(97-71)55(80)52(77)42(5)85-70/h25,27-28,32-33,38-39,41-45,47-48,52-66,68-73,77-83H,9-24,26,29-31,34-37,40H2,1-8H3. The van der Waals surface area contributed by atoms with Crippen LogP contribution in [0.2, 0.25) is 0 Å². The lowest BCUT2D eigenvalue weighted by atomic mass is 9.95. The number of aliphatic hydroxyl groups is 8. The summed E-state index contributed by atoms with van der Waals surface area (Å²) in [6, 6.07) is 8.92. The summed E-state index contributed by atoms with van der Waals surface area (Å²) in [6.07, 6.45) is -19.6. The number of hydrogen-bond acceptors (Lipinski definition) is 26. The quantitative estimate of drug-likeness (QED) is 0.0190. The Morgan fingerprint density at radius 1 is 0.520 bits per heavy atom. The topological polar surface area (TPSA) is 359 Å². The Kier molecular flexibility index (Phi) is 34.4. The highest BCUT2D eigenvalue weighted by Gasteiger charge is 2.59. The van der Waals surface area contributed by atoms with Gasteiger partial charge in [-0.3, -0.25) is 14.4 Å². The maximum atomic E-state index is 14.5. The summed E-state index contributed by atoms with van der Waals surface area (Å²) in [5, 5.41) is 92.5. The minimum absolute atomic E-state index is 0.0523. The molecule has 6 fully saturated rings. The molecule has 0 aliphatic carbocycles. The average molecular weight is 1400 g/mol. The zero-order valence-corrected chi connectivity index (χ0v) is 58.7. The first-order valence-corrected chi connectivity index (χ1v) is 36.5. The van der Waals surface area contributed by atoms with Crippen LogP contribution < -0.4 is 0 Å². The molecule has 6 aliphatic rings. The Hall–Kier alpha value is -3.88. The molecule has 0 radical (unpaired) electrons. The molecule has 0 saturated carbocycles. The van der Waals surface area contributed by atoms with Crippen LogP contribution in [0.1, 0.15) is 215 Å². The predicted octanol–water partition coefficient (Wildman–Crippen LogP) is 6.57. The molecule has 0 spiro atoms. The van der Waals surface area contributed by atoms with Crippen molar-refractivity contribution in [2.45, 2.75) is 369 Å². The van der Waals surface area contributed by atoms with Crippen molar-refractivity contribution >= 4 is 30.0 Å². The predicted molar refractivity (Wildman–Crippen MR) is 351 cm³/mol. The van der Waals surface area contributed by atoms with Crippen LogP contribution in [0.5, 0.6) is 0 Å². The zero-order chi connectivity index (χ0) is 71.0. The van der Waals surface area contributed by atoms with Crippen molar-refractivity contribution in [1.29, 1.82) is 0 Å². The fraction of sp³-hybridized carbons (Fsp3) is 0.833. The monoisotopic (exact) mass is 1400 g/mol. The van der Waals surface area contributed by atoms with Crippen LogP contribution in [-0.2, 0) is 85.5 Å². The molecule has 1 aromatic rings. The number of carbonyl (C=O) groups excluding carboxylic acids is 4. The van der Waals surface area contributed by atoms with Crippen LogP contribution in [0, 0.1) is 5.92 Å². The van der Waals surface area contributed by atoms with Gasteiger partial charge in [-0.15, -0.1) is 0 Å². The molecule has 8 N–H and O–H groups in total. The van der Waals surface area contributed by atoms with Gasteiger partial charge in [0.05, 0.1) is 43.0 Å². The highest BCUT2D eigenvalue weighted by molar-refractivity contribution is 5.87. The number of ether oxygens (including phenoxy) is 14. The highest BCUT2D eigenvalue weighted by atomic mass is 16.8. The van der Waals surface area contributed by atoms with Crippen LogP contribution in [0.4, 0.5) is 0 Å². The van der Waals surface area contributed by atoms with E-state index in [1.165, 1.54) is 32.9 Å². The maximum Gasteiger partial charge on any atom is 0.331 e. The Morgan fingerprint density at radius 2 is 1.10 bits per heavy atom. The number of rotatable bonds is 28. The number of hydrogen-bond donors (Lipinski definition) is 8. The minimum atomic E-state index is -2.05. The molecular formula is C72H116O26. The van der Waals surface area contributed by atoms with Crippen molar-refractivity contribution in [3.8, 4) is 0 Å². The van der Waals surface area contributed by atoms with E-state index < -0.39 is 190 Å². The first kappa shape index (κ1) is 81.4. The summed E-state index contributed by atoms with van der Waals surface area (Å²) < 4.78 is 89.4. The minimum Gasteiger partial charge on any atom is -0.455 e. The van der Waals surface area contributed by atoms with Gasteiger partial charge in [-0.2, -0.15) is 0 Å². The van der Waals surface area contributed by atoms with Crippen LogP contribution in [0.3, 0.4) is 0 Å². The number of benzene rings is 1. The van der Waals surface area contributed by atoms with Crippen molar-refractivity contribution in [3.05, 3.63) is 42.0 Å². The van der Waals surface area contributed by atoms with E-state index in [9.17, 15) is 60.0 Å². The van der Waals surface area contributed by atoms with Crippen LogP contribution in [0.15, 0.2) is 36.4 Å². The van der Waals surface area contributed by atoms with Gasteiger partial charge in [-0.05, 0) is 71.4 Å². The van der Waals surface area contributed by atoms with Gasteiger partial charge < -0.3 is 107 Å². The molecule has 27 atom stereocenters. The third-order valence-corrected chi connectivity index (χ3v) is 19.6. The molecule has 0 amide bonds. The first-order valence-electron chi connectivity index (χ1n) is 36.5. The Bertz CT molecular complexity index is 2510. The van der Waals surface area contributed by atoms with Gasteiger partial charge in [0.2, 0.25) is 0 Å². The lowest BCUT2D eigenvalue weighted by Crippen LogP contribution is -2.68. The second-order valence-electron chi connectivity index (χ2n) is 27.5. The Morgan fingerprint density at radius 3 is 1.79 bits per heavy atom. The molecule has 560 valence electrons. The smallest absolute Gasteiger partial charge is 0.331 e. The summed E-state index contributed by atoms with van der Waals surface area (Å²) in [5.74, 6) is -3.80. The van der Waals surface area contributed by atoms with Crippen molar-refractivity contribution in [1.82, 2.24) is 0 Å². The van der Waals surface area contributed by atoms with Crippen molar-refractivity contribution in [2.24, 2.45) is 5.92 Å². The van der Waals surface area contributed by atoms with E-state index in [1.54, 1.807) is 45.0 Å². The van der Waals surface area contributed by atoms with Gasteiger partial charge in [0.1, 0.15) is 73.2 Å². The van der Waals surface area contributed by atoms with Gasteiger partial charge in [-0.25, -0.2) is 4.79 Å². The third kappa shape index (κ3) is 23.3. The number of unbranched alkanes of at least 4 members (excludes halogenated alkanes) is 10. The summed E-state index contributed by atoms with van der Waals surface area (Å²) >= 11 is 0. The second kappa shape index (κ2) is 41.4. The largest absolute Gasteiger partial charge is 0.455 e. The fourth-order valence-electron chi connectivity index (χ4n) is 13.4. The van der Waals surface area contributed by atoms with Gasteiger partial charge in [-0.1, -0.05) is 167 Å². The number of fused-ring (bicyclic) bond motifs is 2. The molecule has 1 aromatic carbocycles. The molecule has 26 heteroatoms. The number of esters is 4. The fourth-order valence-corrected chi connectivity index (χ4v) is 13.4. The van der Waals surface area contributed by atoms with Crippen molar-refractivity contribution in [3.63, 3.8) is 0 Å². The van der Waals surface area contributed by atoms with Gasteiger partial charge in [0, 0.05) is 18.9 Å². The normalized spacial score (nSPS) is 38.3. The SMILES string of the molecule is CCCCCCCCCCCC(=O)OC1C(OC2C(C)OC3OC4C(OC(CCCCC)CCCCCCCCCC(=O)OC3C2O)OC(C)C(O)C4O)OC(C)C(OC2OC(C)C(OC(=O)C=Cc3ccccc3)C(OC(=O)C(C)CC)C2O)C1OC1OC(CO)C(O)C(O)C1O. The first-order chi connectivity index (χ1) is 47.1. The van der Waals surface area contributed by atoms with Gasteiger partial charge in [0.15, 0.2) is 55.9 Å². The Labute approximate surface area is 577 Å². The molecule has 7 rings (SSSR count). The Balaban J connectivity index is 1.25. The maximum absolute atomic E-state index is 14.5. The summed E-state index contributed by atoms with van der Waals surface area (Å²) in [6.45, 7) is 12.9. The van der Waals surface area contributed by atoms with E-state index in [0.29, 0.717) is 44.1 Å². The molecule has 0 bridgehead atoms. The van der Waals surface area contributed by atoms with E-state index in [2.05, 4.69) is 13.8 Å². The molecule has 6 saturated heterocycles. The van der Waals surface area contributed by atoms with Crippen molar-refractivity contribution < 1.29 is 126 Å². The summed E-state index contributed by atoms with van der Waals surface area (Å²) in [5.41, 5.74) is 0.683. The summed E-state index contributed by atoms with van der Waals surface area (Å²) in [7, 11) is 0. The molecular weight excluding hydrogens is 1280 g/mol. The lowest BCUT2D eigenvalue weighted by Gasteiger charge is -2.51. The van der Waals surface area contributed by atoms with Crippen LogP contribution >= 0.6 is 0 Å². The highest BCUT2D eigenvalue weighted by Crippen LogP contribution is 2.40.